The normalized spacial score (nSPS) is 12.5. The molecule has 1 aromatic heterocycles. The van der Waals surface area contributed by atoms with Gasteiger partial charge in [-0.25, -0.2) is 4.79 Å². The molecule has 1 aliphatic rings. The summed E-state index contributed by atoms with van der Waals surface area (Å²) >= 11 is 0. The molecule has 0 fully saturated rings. The van der Waals surface area contributed by atoms with Crippen LogP contribution in [-0.2, 0) is 22.6 Å². The molecule has 9 nitrogen and oxygen atoms in total. The number of ether oxygens (including phenoxy) is 3. The van der Waals surface area contributed by atoms with Gasteiger partial charge in [0.1, 0.15) is 18.1 Å². The van der Waals surface area contributed by atoms with Gasteiger partial charge in [0, 0.05) is 25.7 Å². The Hall–Kier alpha value is -3.20. The van der Waals surface area contributed by atoms with Crippen molar-refractivity contribution in [2.45, 2.75) is 46.3 Å². The average molecular weight is 460 g/mol. The van der Waals surface area contributed by atoms with Gasteiger partial charge in [-0.15, -0.1) is 0 Å². The molecule has 9 heteroatoms. The number of urea groups is 1. The number of methoxy groups -OCH3 is 1. The molecule has 0 spiro atoms. The molecule has 0 bridgehead atoms. The lowest BCUT2D eigenvalue weighted by atomic mass is 10.1. The summed E-state index contributed by atoms with van der Waals surface area (Å²) in [5.41, 5.74) is 0.460. The van der Waals surface area contributed by atoms with Gasteiger partial charge in [-0.2, -0.15) is 0 Å². The van der Waals surface area contributed by atoms with Crippen LogP contribution in [0.1, 0.15) is 37.9 Å². The maximum Gasteiger partial charge on any atom is 0.318 e. The van der Waals surface area contributed by atoms with Crippen LogP contribution in [-0.4, -0.2) is 60.9 Å². The van der Waals surface area contributed by atoms with E-state index in [1.807, 2.05) is 58.0 Å². The van der Waals surface area contributed by atoms with Gasteiger partial charge in [0.05, 0.1) is 13.2 Å². The Balaban J connectivity index is 1.78. The highest BCUT2D eigenvalue weighted by atomic mass is 16.7. The maximum absolute atomic E-state index is 13.4. The number of benzene rings is 1. The van der Waals surface area contributed by atoms with Crippen molar-refractivity contribution in [3.63, 3.8) is 0 Å². The fraction of sp³-hybridized carbons (Fsp3) is 0.500. The van der Waals surface area contributed by atoms with Gasteiger partial charge in [-0.3, -0.25) is 4.79 Å². The summed E-state index contributed by atoms with van der Waals surface area (Å²) < 4.78 is 21.7. The second-order valence-corrected chi connectivity index (χ2v) is 9.04. The standard InChI is InChI=1S/C24H33N3O6/c1-17-6-8-19(33-17)14-27(13-18-7-9-20-21(12-18)32-16-31-20)22(28)15-26(10-11-30-5)23(29)25-24(2,3)4/h6-9,12H,10-11,13-16H2,1-5H3,(H,25,29). The first-order chi connectivity index (χ1) is 15.6. The van der Waals surface area contributed by atoms with E-state index in [0.717, 1.165) is 11.3 Å². The van der Waals surface area contributed by atoms with Crippen molar-refractivity contribution >= 4 is 11.9 Å². The Morgan fingerprint density at radius 2 is 1.82 bits per heavy atom. The fourth-order valence-corrected chi connectivity index (χ4v) is 3.37. The van der Waals surface area contributed by atoms with E-state index >= 15 is 0 Å². The molecule has 1 aliphatic heterocycles. The first-order valence-corrected chi connectivity index (χ1v) is 10.9. The lowest BCUT2D eigenvalue weighted by Gasteiger charge is -2.30. The fourth-order valence-electron chi connectivity index (χ4n) is 3.37. The Kier molecular flexibility index (Phi) is 7.86. The van der Waals surface area contributed by atoms with E-state index in [4.69, 9.17) is 18.6 Å². The Labute approximate surface area is 194 Å². The van der Waals surface area contributed by atoms with Crippen LogP contribution < -0.4 is 14.8 Å². The van der Waals surface area contributed by atoms with Crippen LogP contribution in [0.3, 0.4) is 0 Å². The number of carbonyl (C=O) groups is 2. The highest BCUT2D eigenvalue weighted by molar-refractivity contribution is 5.84. The first kappa shape index (κ1) is 24.4. The van der Waals surface area contributed by atoms with Crippen LogP contribution in [0.15, 0.2) is 34.7 Å². The van der Waals surface area contributed by atoms with Crippen LogP contribution >= 0.6 is 0 Å². The predicted octanol–water partition coefficient (Wildman–Crippen LogP) is 3.30. The number of aryl methyl sites for hydroxylation is 1. The zero-order valence-corrected chi connectivity index (χ0v) is 20.0. The van der Waals surface area contributed by atoms with Crippen molar-refractivity contribution in [2.24, 2.45) is 0 Å². The molecule has 0 saturated heterocycles. The summed E-state index contributed by atoms with van der Waals surface area (Å²) in [4.78, 5) is 29.3. The third kappa shape index (κ3) is 7.15. The number of hydrogen-bond donors (Lipinski definition) is 1. The minimum Gasteiger partial charge on any atom is -0.464 e. The molecule has 2 heterocycles. The van der Waals surface area contributed by atoms with Gasteiger partial charge in [-0.1, -0.05) is 6.07 Å². The number of carbonyl (C=O) groups excluding carboxylic acids is 2. The third-order valence-electron chi connectivity index (χ3n) is 4.97. The number of furan rings is 1. The van der Waals surface area contributed by atoms with Crippen molar-refractivity contribution in [3.8, 4) is 11.5 Å². The molecular formula is C24H33N3O6. The highest BCUT2D eigenvalue weighted by Gasteiger charge is 2.25. The summed E-state index contributed by atoms with van der Waals surface area (Å²) in [7, 11) is 1.56. The number of amides is 3. The summed E-state index contributed by atoms with van der Waals surface area (Å²) in [6.07, 6.45) is 0. The van der Waals surface area contributed by atoms with Gasteiger partial charge in [0.15, 0.2) is 11.5 Å². The topological polar surface area (TPSA) is 93.5 Å². The second kappa shape index (κ2) is 10.6. The monoisotopic (exact) mass is 459 g/mol. The van der Waals surface area contributed by atoms with E-state index < -0.39 is 5.54 Å². The second-order valence-electron chi connectivity index (χ2n) is 9.04. The molecule has 1 N–H and O–H groups in total. The molecule has 1 aromatic carbocycles. The smallest absolute Gasteiger partial charge is 0.318 e. The van der Waals surface area contributed by atoms with Crippen molar-refractivity contribution in [3.05, 3.63) is 47.4 Å². The molecule has 0 atom stereocenters. The van der Waals surface area contributed by atoms with Gasteiger partial charge >= 0.3 is 6.03 Å². The first-order valence-electron chi connectivity index (χ1n) is 10.9. The molecule has 0 unspecified atom stereocenters. The van der Waals surface area contributed by atoms with E-state index in [0.29, 0.717) is 37.0 Å². The largest absolute Gasteiger partial charge is 0.464 e. The molecular weight excluding hydrogens is 426 g/mol. The Morgan fingerprint density at radius 3 is 2.48 bits per heavy atom. The number of rotatable bonds is 9. The summed E-state index contributed by atoms with van der Waals surface area (Å²) in [5.74, 6) is 2.57. The summed E-state index contributed by atoms with van der Waals surface area (Å²) in [5, 5.41) is 2.92. The number of nitrogens with one attached hydrogen (secondary N) is 1. The molecule has 0 radical (unpaired) electrons. The lowest BCUT2D eigenvalue weighted by molar-refractivity contribution is -0.133. The van der Waals surface area contributed by atoms with Gasteiger partial charge in [-0.05, 0) is 57.5 Å². The SMILES string of the molecule is COCCN(CC(=O)N(Cc1ccc2c(c1)OCO2)Cc1ccc(C)o1)C(=O)NC(C)(C)C. The van der Waals surface area contributed by atoms with Crippen molar-refractivity contribution in [1.82, 2.24) is 15.1 Å². The number of nitrogens with zero attached hydrogens (tertiary/aromatic N) is 2. The zero-order chi connectivity index (χ0) is 24.0. The van der Waals surface area contributed by atoms with Crippen molar-refractivity contribution in [2.75, 3.05) is 33.6 Å². The predicted molar refractivity (Wildman–Crippen MR) is 122 cm³/mol. The zero-order valence-electron chi connectivity index (χ0n) is 20.0. The molecule has 2 aromatic rings. The van der Waals surface area contributed by atoms with Crippen LogP contribution in [0.4, 0.5) is 4.79 Å². The molecule has 3 amide bonds. The molecule has 0 aliphatic carbocycles. The lowest BCUT2D eigenvalue weighted by Crippen LogP contribution is -2.52. The quantitative estimate of drug-likeness (QED) is 0.619. The third-order valence-corrected chi connectivity index (χ3v) is 4.97. The van der Waals surface area contributed by atoms with Gasteiger partial charge in [0.25, 0.3) is 0 Å². The van der Waals surface area contributed by atoms with Crippen LogP contribution in [0, 0.1) is 6.92 Å². The van der Waals surface area contributed by atoms with Gasteiger partial charge < -0.3 is 33.7 Å². The Morgan fingerprint density at radius 1 is 1.06 bits per heavy atom. The van der Waals surface area contributed by atoms with Crippen LogP contribution in [0.2, 0.25) is 0 Å². The number of hydrogen-bond acceptors (Lipinski definition) is 6. The van der Waals surface area contributed by atoms with Crippen LogP contribution in [0.25, 0.3) is 0 Å². The molecule has 0 saturated carbocycles. The number of fused-ring (bicyclic) bond motifs is 1. The van der Waals surface area contributed by atoms with E-state index in [1.54, 1.807) is 12.0 Å². The van der Waals surface area contributed by atoms with E-state index in [2.05, 4.69) is 5.32 Å². The summed E-state index contributed by atoms with van der Waals surface area (Å²) in [6.45, 7) is 8.86. The van der Waals surface area contributed by atoms with E-state index in [9.17, 15) is 9.59 Å². The van der Waals surface area contributed by atoms with Crippen LogP contribution in [0.5, 0.6) is 11.5 Å². The molecule has 3 rings (SSSR count). The van der Waals surface area contributed by atoms with E-state index in [-0.39, 0.29) is 31.8 Å². The van der Waals surface area contributed by atoms with Gasteiger partial charge in [0.2, 0.25) is 12.7 Å². The highest BCUT2D eigenvalue weighted by Crippen LogP contribution is 2.33. The van der Waals surface area contributed by atoms with Crippen molar-refractivity contribution < 1.29 is 28.2 Å². The molecule has 33 heavy (non-hydrogen) atoms. The minimum absolute atomic E-state index is 0.0878. The minimum atomic E-state index is -0.427. The average Bonchev–Trinajstić information content (AvgIpc) is 3.37. The maximum atomic E-state index is 13.4. The molecule has 180 valence electrons. The summed E-state index contributed by atoms with van der Waals surface area (Å²) in [6, 6.07) is 9.00. The Bertz CT molecular complexity index is 965. The van der Waals surface area contributed by atoms with E-state index in [1.165, 1.54) is 4.90 Å². The van der Waals surface area contributed by atoms with Crippen molar-refractivity contribution in [1.29, 1.82) is 0 Å².